The van der Waals surface area contributed by atoms with Crippen LogP contribution in [-0.2, 0) is 6.54 Å². The third-order valence-corrected chi connectivity index (χ3v) is 5.16. The maximum atomic E-state index is 13.3. The molecule has 25 heavy (non-hydrogen) atoms. The molecule has 1 fully saturated rings. The monoisotopic (exact) mass is 361 g/mol. The van der Waals surface area contributed by atoms with Crippen LogP contribution in [0.2, 0.25) is 0 Å². The fraction of sp³-hybridized carbons (Fsp3) is 0.235. The van der Waals surface area contributed by atoms with Gasteiger partial charge in [-0.05, 0) is 30.3 Å². The summed E-state index contributed by atoms with van der Waals surface area (Å²) in [7, 11) is 0. The molecule has 0 aliphatic heterocycles. The van der Waals surface area contributed by atoms with Gasteiger partial charge in [0.05, 0.1) is 22.8 Å². The number of aromatic nitrogens is 2. The summed E-state index contributed by atoms with van der Waals surface area (Å²) in [5.41, 5.74) is 1.50. The van der Waals surface area contributed by atoms with E-state index in [9.17, 15) is 18.0 Å². The molecule has 3 aromatic rings. The van der Waals surface area contributed by atoms with E-state index >= 15 is 0 Å². The number of thiazole rings is 1. The Morgan fingerprint density at radius 1 is 1.36 bits per heavy atom. The van der Waals surface area contributed by atoms with Crippen molar-refractivity contribution in [1.82, 2.24) is 9.55 Å². The summed E-state index contributed by atoms with van der Waals surface area (Å²) in [5.74, 6) is -4.04. The van der Waals surface area contributed by atoms with Crippen LogP contribution in [0.15, 0.2) is 35.1 Å². The molecule has 0 saturated heterocycles. The molecule has 4 rings (SSSR count). The molecule has 1 atom stereocenters. The van der Waals surface area contributed by atoms with Gasteiger partial charge in [-0.15, -0.1) is 0 Å². The summed E-state index contributed by atoms with van der Waals surface area (Å²) in [6, 6.07) is 8.94. The second kappa shape index (κ2) is 5.43. The minimum absolute atomic E-state index is 0.0349. The van der Waals surface area contributed by atoms with Crippen LogP contribution in [0.4, 0.5) is 13.2 Å². The zero-order valence-electron chi connectivity index (χ0n) is 12.7. The minimum atomic E-state index is -2.70. The first kappa shape index (κ1) is 15.8. The zero-order chi connectivity index (χ0) is 17.8. The van der Waals surface area contributed by atoms with Gasteiger partial charge in [0.15, 0.2) is 0 Å². The molecule has 126 valence electrons. The summed E-state index contributed by atoms with van der Waals surface area (Å²) in [6.45, 7) is -0.0349. The fourth-order valence-electron chi connectivity index (χ4n) is 2.79. The van der Waals surface area contributed by atoms with Crippen LogP contribution in [0, 0.1) is 23.1 Å². The maximum Gasteiger partial charge on any atom is 0.309 e. The molecule has 8 heteroatoms. The first-order chi connectivity index (χ1) is 11.9. The number of rotatable bonds is 3. The summed E-state index contributed by atoms with van der Waals surface area (Å²) >= 11 is 0.869. The molecule has 0 N–H and O–H groups in total. The van der Waals surface area contributed by atoms with Crippen molar-refractivity contribution < 1.29 is 13.2 Å². The lowest BCUT2D eigenvalue weighted by Crippen LogP contribution is -2.15. The number of benzene rings is 1. The van der Waals surface area contributed by atoms with E-state index in [0.29, 0.717) is 21.6 Å². The van der Waals surface area contributed by atoms with Crippen molar-refractivity contribution >= 4 is 21.7 Å². The van der Waals surface area contributed by atoms with Gasteiger partial charge in [-0.2, -0.15) is 5.26 Å². The van der Waals surface area contributed by atoms with Gasteiger partial charge < -0.3 is 0 Å². The molecule has 1 unspecified atom stereocenters. The average molecular weight is 361 g/mol. The maximum absolute atomic E-state index is 13.3. The van der Waals surface area contributed by atoms with Crippen molar-refractivity contribution in [2.75, 3.05) is 0 Å². The van der Waals surface area contributed by atoms with Crippen LogP contribution in [0.25, 0.3) is 21.6 Å². The highest BCUT2D eigenvalue weighted by atomic mass is 32.1. The standard InChI is InChI=1S/C17H10F3N3OS/c18-11-1-2-12(9(5-11)7-21)13-3-4-14-15(22-13)25-16(24)23(14)8-10-6-17(10,19)20/h1-5,10H,6,8H2. The Hall–Kier alpha value is -2.66. The van der Waals surface area contributed by atoms with Crippen molar-refractivity contribution in [3.05, 3.63) is 51.4 Å². The predicted molar refractivity (Wildman–Crippen MR) is 87.0 cm³/mol. The smallest absolute Gasteiger partial charge is 0.297 e. The fourth-order valence-corrected chi connectivity index (χ4v) is 3.67. The van der Waals surface area contributed by atoms with Crippen LogP contribution in [0.1, 0.15) is 12.0 Å². The lowest BCUT2D eigenvalue weighted by atomic mass is 10.0. The van der Waals surface area contributed by atoms with E-state index in [1.165, 1.54) is 16.7 Å². The van der Waals surface area contributed by atoms with E-state index in [4.69, 9.17) is 5.26 Å². The molecule has 1 saturated carbocycles. The molecule has 4 nitrogen and oxygen atoms in total. The first-order valence-electron chi connectivity index (χ1n) is 7.47. The zero-order valence-corrected chi connectivity index (χ0v) is 13.5. The second-order valence-electron chi connectivity index (χ2n) is 5.96. The Morgan fingerprint density at radius 3 is 2.80 bits per heavy atom. The number of nitriles is 1. The van der Waals surface area contributed by atoms with E-state index in [0.717, 1.165) is 17.4 Å². The Labute approximate surface area is 143 Å². The second-order valence-corrected chi connectivity index (χ2v) is 6.90. The lowest BCUT2D eigenvalue weighted by molar-refractivity contribution is 0.0953. The molecule has 1 aliphatic carbocycles. The van der Waals surface area contributed by atoms with Crippen molar-refractivity contribution in [2.45, 2.75) is 18.9 Å². The molecule has 1 aromatic carbocycles. The highest BCUT2D eigenvalue weighted by Gasteiger charge is 2.56. The van der Waals surface area contributed by atoms with Crippen molar-refractivity contribution in [2.24, 2.45) is 5.92 Å². The van der Waals surface area contributed by atoms with E-state index in [1.54, 1.807) is 12.1 Å². The summed E-state index contributed by atoms with van der Waals surface area (Å²) in [5, 5.41) is 9.15. The van der Waals surface area contributed by atoms with E-state index < -0.39 is 17.7 Å². The number of alkyl halides is 2. The van der Waals surface area contributed by atoms with Gasteiger partial charge in [-0.1, -0.05) is 11.3 Å². The van der Waals surface area contributed by atoms with Gasteiger partial charge in [-0.3, -0.25) is 9.36 Å². The molecular weight excluding hydrogens is 351 g/mol. The molecule has 0 bridgehead atoms. The lowest BCUT2D eigenvalue weighted by Gasteiger charge is -2.05. The Balaban J connectivity index is 1.78. The summed E-state index contributed by atoms with van der Waals surface area (Å²) in [4.78, 5) is 16.5. The molecular formula is C17H10F3N3OS. The quantitative estimate of drug-likeness (QED) is 0.713. The summed E-state index contributed by atoms with van der Waals surface area (Å²) in [6.07, 6.45) is -0.205. The minimum Gasteiger partial charge on any atom is -0.297 e. The number of nitrogens with zero attached hydrogens (tertiary/aromatic N) is 3. The third-order valence-electron chi connectivity index (χ3n) is 4.27. The largest absolute Gasteiger partial charge is 0.309 e. The van der Waals surface area contributed by atoms with Gasteiger partial charge in [0.25, 0.3) is 5.92 Å². The van der Waals surface area contributed by atoms with Gasteiger partial charge in [0.1, 0.15) is 10.6 Å². The van der Waals surface area contributed by atoms with E-state index in [-0.39, 0.29) is 23.4 Å². The Kier molecular flexibility index (Phi) is 3.44. The summed E-state index contributed by atoms with van der Waals surface area (Å²) < 4.78 is 40.9. The van der Waals surface area contributed by atoms with Crippen LogP contribution in [-0.4, -0.2) is 15.5 Å². The number of pyridine rings is 1. The highest BCUT2D eigenvalue weighted by molar-refractivity contribution is 7.16. The molecule has 0 radical (unpaired) electrons. The van der Waals surface area contributed by atoms with Gasteiger partial charge in [0.2, 0.25) is 0 Å². The highest BCUT2D eigenvalue weighted by Crippen LogP contribution is 2.49. The number of fused-ring (bicyclic) bond motifs is 1. The van der Waals surface area contributed by atoms with Crippen molar-refractivity contribution in [3.63, 3.8) is 0 Å². The average Bonchev–Trinajstić information content (AvgIpc) is 3.06. The SMILES string of the molecule is N#Cc1cc(F)ccc1-c1ccc2c(n1)sc(=O)n2CC1CC1(F)F. The predicted octanol–water partition coefficient (Wildman–Crippen LogP) is 3.79. The first-order valence-corrected chi connectivity index (χ1v) is 8.29. The normalized spacial score (nSPS) is 18.2. The number of hydrogen-bond acceptors (Lipinski definition) is 4. The van der Waals surface area contributed by atoms with Gasteiger partial charge in [0, 0.05) is 24.4 Å². The molecule has 1 aliphatic rings. The van der Waals surface area contributed by atoms with E-state index in [1.807, 2.05) is 6.07 Å². The number of halogens is 3. The van der Waals surface area contributed by atoms with Crippen LogP contribution < -0.4 is 4.87 Å². The van der Waals surface area contributed by atoms with Crippen LogP contribution in [0.5, 0.6) is 0 Å². The molecule has 2 aromatic heterocycles. The molecule has 0 spiro atoms. The van der Waals surface area contributed by atoms with Crippen LogP contribution >= 0.6 is 11.3 Å². The van der Waals surface area contributed by atoms with Crippen LogP contribution in [0.3, 0.4) is 0 Å². The third kappa shape index (κ3) is 2.70. The van der Waals surface area contributed by atoms with Gasteiger partial charge >= 0.3 is 4.87 Å². The Morgan fingerprint density at radius 2 is 2.12 bits per heavy atom. The molecule has 2 heterocycles. The van der Waals surface area contributed by atoms with Crippen molar-refractivity contribution in [1.29, 1.82) is 5.26 Å². The van der Waals surface area contributed by atoms with Crippen molar-refractivity contribution in [3.8, 4) is 17.3 Å². The number of hydrogen-bond donors (Lipinski definition) is 0. The topological polar surface area (TPSA) is 58.7 Å². The van der Waals surface area contributed by atoms with Gasteiger partial charge in [-0.25, -0.2) is 18.2 Å². The molecule has 0 amide bonds. The van der Waals surface area contributed by atoms with E-state index in [2.05, 4.69) is 4.98 Å². The Bertz CT molecular complexity index is 1100.